The van der Waals surface area contributed by atoms with Crippen LogP contribution in [-0.4, -0.2) is 24.5 Å². The van der Waals surface area contributed by atoms with E-state index >= 15 is 0 Å². The summed E-state index contributed by atoms with van der Waals surface area (Å²) in [5, 5.41) is 4.50. The molecule has 0 spiro atoms. The zero-order chi connectivity index (χ0) is 19.3. The number of amides is 2. The van der Waals surface area contributed by atoms with Gasteiger partial charge in [-0.15, -0.1) is 0 Å². The molecule has 0 atom stereocenters. The second kappa shape index (κ2) is 8.03. The maximum Gasteiger partial charge on any atom is 0.405 e. The number of anilines is 1. The van der Waals surface area contributed by atoms with Gasteiger partial charge in [0.25, 0.3) is 11.8 Å². The lowest BCUT2D eigenvalue weighted by atomic mass is 10.1. The van der Waals surface area contributed by atoms with Crippen LogP contribution < -0.4 is 10.6 Å². The van der Waals surface area contributed by atoms with Gasteiger partial charge in [0.1, 0.15) is 6.54 Å². The van der Waals surface area contributed by atoms with Crippen molar-refractivity contribution in [3.05, 3.63) is 64.7 Å². The fourth-order valence-electron chi connectivity index (χ4n) is 2.27. The van der Waals surface area contributed by atoms with Crippen molar-refractivity contribution in [3.63, 3.8) is 0 Å². The number of nitrogens with one attached hydrogen (secondary N) is 2. The first-order chi connectivity index (χ1) is 12.2. The van der Waals surface area contributed by atoms with E-state index in [0.29, 0.717) is 16.8 Å². The van der Waals surface area contributed by atoms with E-state index in [-0.39, 0.29) is 11.5 Å². The molecule has 2 aromatic carbocycles. The van der Waals surface area contributed by atoms with Gasteiger partial charge < -0.3 is 10.6 Å². The Morgan fingerprint density at radius 3 is 2.15 bits per heavy atom. The van der Waals surface area contributed by atoms with Gasteiger partial charge in [-0.25, -0.2) is 0 Å². The van der Waals surface area contributed by atoms with Crippen molar-refractivity contribution in [2.45, 2.75) is 26.4 Å². The second-order valence-electron chi connectivity index (χ2n) is 5.83. The van der Waals surface area contributed by atoms with Crippen LogP contribution in [0, 0.1) is 6.92 Å². The lowest BCUT2D eigenvalue weighted by molar-refractivity contribution is -0.123. The first kappa shape index (κ1) is 19.5. The third-order valence-corrected chi connectivity index (χ3v) is 3.82. The van der Waals surface area contributed by atoms with Crippen molar-refractivity contribution in [2.75, 3.05) is 11.9 Å². The van der Waals surface area contributed by atoms with Crippen molar-refractivity contribution in [2.24, 2.45) is 0 Å². The fraction of sp³-hybridized carbons (Fsp3) is 0.263. The monoisotopic (exact) mass is 364 g/mol. The molecule has 138 valence electrons. The Hall–Kier alpha value is -2.83. The summed E-state index contributed by atoms with van der Waals surface area (Å²) in [6.45, 7) is 2.33. The topological polar surface area (TPSA) is 58.2 Å². The number of benzene rings is 2. The van der Waals surface area contributed by atoms with Crippen molar-refractivity contribution < 1.29 is 22.8 Å². The highest BCUT2D eigenvalue weighted by Crippen LogP contribution is 2.19. The average Bonchev–Trinajstić information content (AvgIpc) is 2.61. The minimum Gasteiger partial charge on any atom is -0.343 e. The summed E-state index contributed by atoms with van der Waals surface area (Å²) >= 11 is 0. The predicted molar refractivity (Wildman–Crippen MR) is 93.3 cm³/mol. The van der Waals surface area contributed by atoms with Crippen molar-refractivity contribution in [3.8, 4) is 0 Å². The molecule has 0 aliphatic heterocycles. The maximum absolute atomic E-state index is 12.3. The lowest BCUT2D eigenvalue weighted by Crippen LogP contribution is -2.33. The first-order valence-corrected chi connectivity index (χ1v) is 8.05. The molecule has 2 rings (SSSR count). The molecule has 7 heteroatoms. The Balaban J connectivity index is 2.13. The number of carbonyl (C=O) groups is 2. The number of hydrogen-bond acceptors (Lipinski definition) is 2. The minimum absolute atomic E-state index is 0.0384. The zero-order valence-corrected chi connectivity index (χ0v) is 14.4. The van der Waals surface area contributed by atoms with E-state index in [4.69, 9.17) is 0 Å². The van der Waals surface area contributed by atoms with Crippen LogP contribution in [0.25, 0.3) is 0 Å². The molecule has 0 aliphatic rings. The molecule has 0 saturated heterocycles. The number of halogens is 3. The molecule has 26 heavy (non-hydrogen) atoms. The molecule has 2 aromatic rings. The quantitative estimate of drug-likeness (QED) is 0.839. The average molecular weight is 364 g/mol. The summed E-state index contributed by atoms with van der Waals surface area (Å²) in [6.07, 6.45) is -3.63. The second-order valence-corrected chi connectivity index (χ2v) is 5.83. The Labute approximate surface area is 149 Å². The Morgan fingerprint density at radius 2 is 1.58 bits per heavy atom. The molecule has 0 unspecified atom stereocenters. The predicted octanol–water partition coefficient (Wildman–Crippen LogP) is 4.10. The van der Waals surface area contributed by atoms with E-state index in [9.17, 15) is 22.8 Å². The molecular weight excluding hydrogens is 345 g/mol. The number of carbonyl (C=O) groups excluding carboxylic acids is 2. The third kappa shape index (κ3) is 5.34. The van der Waals surface area contributed by atoms with Gasteiger partial charge in [0, 0.05) is 16.8 Å². The molecule has 0 fully saturated rings. The Bertz CT molecular complexity index is 799. The number of aryl methyl sites for hydroxylation is 2. The summed E-state index contributed by atoms with van der Waals surface area (Å²) in [6, 6.07) is 11.4. The van der Waals surface area contributed by atoms with Gasteiger partial charge in [0.05, 0.1) is 0 Å². The van der Waals surface area contributed by atoms with E-state index < -0.39 is 18.6 Å². The SMILES string of the molecule is CCc1ccc(C(=O)Nc2cc(C(=O)NCC(F)(F)F)ccc2C)cc1. The third-order valence-electron chi connectivity index (χ3n) is 3.82. The number of alkyl halides is 3. The van der Waals surface area contributed by atoms with Crippen LogP contribution in [-0.2, 0) is 6.42 Å². The normalized spacial score (nSPS) is 11.1. The molecule has 2 N–H and O–H groups in total. The van der Waals surface area contributed by atoms with Gasteiger partial charge in [-0.1, -0.05) is 25.1 Å². The molecule has 2 amide bonds. The van der Waals surface area contributed by atoms with Gasteiger partial charge in [-0.3, -0.25) is 9.59 Å². The molecule has 0 aromatic heterocycles. The number of rotatable bonds is 5. The molecule has 0 heterocycles. The van der Waals surface area contributed by atoms with Gasteiger partial charge in [-0.2, -0.15) is 13.2 Å². The van der Waals surface area contributed by atoms with Crippen LogP contribution in [0.3, 0.4) is 0 Å². The van der Waals surface area contributed by atoms with Gasteiger partial charge in [0.2, 0.25) is 0 Å². The zero-order valence-electron chi connectivity index (χ0n) is 14.4. The Morgan fingerprint density at radius 1 is 0.962 bits per heavy atom. The largest absolute Gasteiger partial charge is 0.405 e. The minimum atomic E-state index is -4.48. The van der Waals surface area contributed by atoms with E-state index in [1.54, 1.807) is 30.4 Å². The number of hydrogen-bond donors (Lipinski definition) is 2. The molecule has 4 nitrogen and oxygen atoms in total. The van der Waals surface area contributed by atoms with Crippen LogP contribution in [0.15, 0.2) is 42.5 Å². The standard InChI is InChI=1S/C19H19F3N2O2/c1-3-13-5-8-14(9-6-13)18(26)24-16-10-15(7-4-12(16)2)17(25)23-11-19(20,21)22/h4-10H,3,11H2,1-2H3,(H,23,25)(H,24,26). The molecular formula is C19H19F3N2O2. The highest BCUT2D eigenvalue weighted by molar-refractivity contribution is 6.05. The lowest BCUT2D eigenvalue weighted by Gasteiger charge is -2.12. The van der Waals surface area contributed by atoms with Crippen LogP contribution in [0.1, 0.15) is 38.8 Å². The Kier molecular flexibility index (Phi) is 6.02. The van der Waals surface area contributed by atoms with Crippen molar-refractivity contribution >= 4 is 17.5 Å². The highest BCUT2D eigenvalue weighted by Gasteiger charge is 2.28. The fourth-order valence-corrected chi connectivity index (χ4v) is 2.27. The summed E-state index contributed by atoms with van der Waals surface area (Å²) in [5.74, 6) is -1.21. The van der Waals surface area contributed by atoms with Crippen LogP contribution in [0.4, 0.5) is 18.9 Å². The van der Waals surface area contributed by atoms with Crippen molar-refractivity contribution in [1.29, 1.82) is 0 Å². The summed E-state index contributed by atoms with van der Waals surface area (Å²) in [7, 11) is 0. The highest BCUT2D eigenvalue weighted by atomic mass is 19.4. The first-order valence-electron chi connectivity index (χ1n) is 8.05. The van der Waals surface area contributed by atoms with Gasteiger partial charge >= 0.3 is 6.18 Å². The maximum atomic E-state index is 12.3. The van der Waals surface area contributed by atoms with Gasteiger partial charge in [0.15, 0.2) is 0 Å². The smallest absolute Gasteiger partial charge is 0.343 e. The van der Waals surface area contributed by atoms with E-state index in [0.717, 1.165) is 12.0 Å². The van der Waals surface area contributed by atoms with Crippen LogP contribution >= 0.6 is 0 Å². The summed E-state index contributed by atoms with van der Waals surface area (Å²) in [4.78, 5) is 24.2. The van der Waals surface area contributed by atoms with Gasteiger partial charge in [-0.05, 0) is 48.7 Å². The van der Waals surface area contributed by atoms with E-state index in [1.165, 1.54) is 12.1 Å². The van der Waals surface area contributed by atoms with Crippen molar-refractivity contribution in [1.82, 2.24) is 5.32 Å². The molecule has 0 aliphatic carbocycles. The molecule has 0 bridgehead atoms. The van der Waals surface area contributed by atoms with E-state index in [2.05, 4.69) is 5.32 Å². The van der Waals surface area contributed by atoms with Crippen LogP contribution in [0.2, 0.25) is 0 Å². The van der Waals surface area contributed by atoms with Crippen LogP contribution in [0.5, 0.6) is 0 Å². The van der Waals surface area contributed by atoms with E-state index in [1.807, 2.05) is 19.1 Å². The summed E-state index contributed by atoms with van der Waals surface area (Å²) < 4.78 is 36.7. The summed E-state index contributed by atoms with van der Waals surface area (Å²) in [5.41, 5.74) is 2.65. The molecule has 0 saturated carbocycles. The molecule has 0 radical (unpaired) electrons.